The first kappa shape index (κ1) is 26.5. The molecule has 37 heavy (non-hydrogen) atoms. The summed E-state index contributed by atoms with van der Waals surface area (Å²) in [5, 5.41) is 0. The van der Waals surface area contributed by atoms with Crippen LogP contribution in [0.25, 0.3) is 0 Å². The van der Waals surface area contributed by atoms with Crippen molar-refractivity contribution in [3.63, 3.8) is 0 Å². The van der Waals surface area contributed by atoms with Crippen LogP contribution in [-0.4, -0.2) is 59.1 Å². The summed E-state index contributed by atoms with van der Waals surface area (Å²) in [5.41, 5.74) is 2.86. The third-order valence-corrected chi connectivity index (χ3v) is 8.23. The molecule has 1 heterocycles. The monoisotopic (exact) mass is 522 g/mol. The fraction of sp³-hybridized carbons (Fsp3) is 0.345. The maximum Gasteiger partial charge on any atom is 0.254 e. The third-order valence-electron chi connectivity index (χ3n) is 6.54. The number of anilines is 1. The van der Waals surface area contributed by atoms with Crippen LogP contribution in [0.1, 0.15) is 34.8 Å². The molecule has 8 heteroatoms. The quantitative estimate of drug-likeness (QED) is 0.405. The van der Waals surface area contributed by atoms with E-state index in [1.54, 1.807) is 48.4 Å². The molecule has 0 unspecified atom stereocenters. The predicted octanol–water partition coefficient (Wildman–Crippen LogP) is 4.73. The summed E-state index contributed by atoms with van der Waals surface area (Å²) in [7, 11) is -1.98. The van der Waals surface area contributed by atoms with Gasteiger partial charge in [0.25, 0.3) is 5.91 Å². The molecule has 196 valence electrons. The smallest absolute Gasteiger partial charge is 0.254 e. The van der Waals surface area contributed by atoms with Gasteiger partial charge in [0, 0.05) is 31.7 Å². The van der Waals surface area contributed by atoms with Gasteiger partial charge in [-0.15, -0.1) is 0 Å². The molecule has 0 bridgehead atoms. The van der Waals surface area contributed by atoms with Crippen molar-refractivity contribution in [3.05, 3.63) is 83.4 Å². The molecule has 1 aliphatic heterocycles. The fourth-order valence-corrected chi connectivity index (χ4v) is 5.81. The lowest BCUT2D eigenvalue weighted by molar-refractivity contribution is 0.0745. The summed E-state index contributed by atoms with van der Waals surface area (Å²) < 4.78 is 37.5. The molecule has 1 saturated heterocycles. The van der Waals surface area contributed by atoms with Gasteiger partial charge >= 0.3 is 0 Å². The van der Waals surface area contributed by atoms with Gasteiger partial charge in [0.2, 0.25) is 0 Å². The lowest BCUT2D eigenvalue weighted by Gasteiger charge is -2.36. The predicted molar refractivity (Wildman–Crippen MR) is 145 cm³/mol. The van der Waals surface area contributed by atoms with E-state index in [4.69, 9.17) is 9.47 Å². The van der Waals surface area contributed by atoms with Crippen molar-refractivity contribution in [2.45, 2.75) is 30.9 Å². The highest BCUT2D eigenvalue weighted by Gasteiger charge is 2.26. The molecule has 0 radical (unpaired) electrons. The molecule has 4 rings (SSSR count). The van der Waals surface area contributed by atoms with Gasteiger partial charge in [-0.25, -0.2) is 8.42 Å². The second-order valence-corrected chi connectivity index (χ2v) is 11.2. The van der Waals surface area contributed by atoms with Gasteiger partial charge < -0.3 is 19.3 Å². The van der Waals surface area contributed by atoms with Gasteiger partial charge in [0.05, 0.1) is 30.1 Å². The van der Waals surface area contributed by atoms with E-state index in [9.17, 15) is 13.2 Å². The number of amides is 1. The second kappa shape index (κ2) is 11.7. The van der Waals surface area contributed by atoms with Crippen molar-refractivity contribution in [3.8, 4) is 11.5 Å². The minimum absolute atomic E-state index is 0.144. The molecular weight excluding hydrogens is 488 g/mol. The lowest BCUT2D eigenvalue weighted by Crippen LogP contribution is -2.49. The number of rotatable bonds is 9. The molecule has 0 aromatic heterocycles. The Morgan fingerprint density at radius 1 is 0.946 bits per heavy atom. The number of nitrogens with zero attached hydrogens (tertiary/aromatic N) is 2. The number of para-hydroxylation sites is 2. The van der Waals surface area contributed by atoms with Crippen molar-refractivity contribution >= 4 is 21.4 Å². The van der Waals surface area contributed by atoms with Gasteiger partial charge in [-0.2, -0.15) is 0 Å². The fourth-order valence-electron chi connectivity index (χ4n) is 4.44. The number of ether oxygens (including phenoxy) is 2. The molecule has 7 nitrogen and oxygen atoms in total. The molecular formula is C29H34N2O5S. The highest BCUT2D eigenvalue weighted by Crippen LogP contribution is 2.29. The lowest BCUT2D eigenvalue weighted by atomic mass is 10.1. The Morgan fingerprint density at radius 2 is 1.65 bits per heavy atom. The molecule has 0 saturated carbocycles. The number of carbonyl (C=O) groups excluding carboxylic acids is 1. The van der Waals surface area contributed by atoms with Crippen LogP contribution < -0.4 is 14.4 Å². The minimum atomic E-state index is -3.63. The number of hydrogen-bond donors (Lipinski definition) is 0. The number of methoxy groups -OCH3 is 1. The molecule has 1 fully saturated rings. The summed E-state index contributed by atoms with van der Waals surface area (Å²) in [5.74, 6) is 1.23. The molecule has 0 spiro atoms. The van der Waals surface area contributed by atoms with Crippen LogP contribution >= 0.6 is 0 Å². The van der Waals surface area contributed by atoms with Crippen LogP contribution in [0.2, 0.25) is 0 Å². The Hall–Kier alpha value is -3.52. The van der Waals surface area contributed by atoms with E-state index in [0.717, 1.165) is 29.2 Å². The van der Waals surface area contributed by atoms with Crippen LogP contribution in [0.5, 0.6) is 11.5 Å². The van der Waals surface area contributed by atoms with E-state index in [0.29, 0.717) is 43.9 Å². The van der Waals surface area contributed by atoms with Gasteiger partial charge in [0.15, 0.2) is 9.84 Å². The van der Waals surface area contributed by atoms with Crippen LogP contribution in [-0.2, 0) is 15.6 Å². The number of aryl methyl sites for hydroxylation is 1. The van der Waals surface area contributed by atoms with E-state index in [1.165, 1.54) is 6.07 Å². The van der Waals surface area contributed by atoms with Gasteiger partial charge in [0.1, 0.15) is 11.5 Å². The summed E-state index contributed by atoms with van der Waals surface area (Å²) in [6.45, 7) is 6.91. The largest absolute Gasteiger partial charge is 0.495 e. The summed E-state index contributed by atoms with van der Waals surface area (Å²) in [6, 6.07) is 19.8. The van der Waals surface area contributed by atoms with Gasteiger partial charge in [-0.1, -0.05) is 37.3 Å². The summed E-state index contributed by atoms with van der Waals surface area (Å²) in [4.78, 5) is 17.6. The van der Waals surface area contributed by atoms with E-state index in [1.807, 2.05) is 38.1 Å². The van der Waals surface area contributed by atoms with Crippen molar-refractivity contribution in [1.82, 2.24) is 4.90 Å². The first-order valence-corrected chi connectivity index (χ1v) is 14.2. The van der Waals surface area contributed by atoms with Gasteiger partial charge in [-0.05, 0) is 60.9 Å². The van der Waals surface area contributed by atoms with E-state index >= 15 is 0 Å². The summed E-state index contributed by atoms with van der Waals surface area (Å²) in [6.07, 6.45) is 0.905. The zero-order chi connectivity index (χ0) is 26.4. The second-order valence-electron chi connectivity index (χ2n) is 9.18. The Kier molecular flexibility index (Phi) is 8.38. The molecule has 0 atom stereocenters. The van der Waals surface area contributed by atoms with Crippen LogP contribution in [0.3, 0.4) is 0 Å². The number of hydrogen-bond acceptors (Lipinski definition) is 6. The van der Waals surface area contributed by atoms with Crippen LogP contribution in [0.4, 0.5) is 5.69 Å². The number of sulfone groups is 1. The van der Waals surface area contributed by atoms with E-state index in [2.05, 4.69) is 4.90 Å². The standard InChI is InChI=1S/C29H34N2O5S/c1-4-19-36-24-12-10-23(11-13-24)21-37(33,34)25-14-9-22(2)26(20-25)29(32)31-17-15-30(16-18-31)27-7-5-6-8-28(27)35-3/h5-14,20H,4,15-19,21H2,1-3H3. The zero-order valence-corrected chi connectivity index (χ0v) is 22.5. The van der Waals surface area contributed by atoms with Crippen molar-refractivity contribution in [1.29, 1.82) is 0 Å². The SMILES string of the molecule is CCCOc1ccc(CS(=O)(=O)c2ccc(C)c(C(=O)N3CCN(c4ccccc4OC)CC3)c2)cc1. The molecule has 3 aromatic carbocycles. The average Bonchev–Trinajstić information content (AvgIpc) is 2.92. The van der Waals surface area contributed by atoms with Crippen molar-refractivity contribution < 1.29 is 22.7 Å². The highest BCUT2D eigenvalue weighted by molar-refractivity contribution is 7.90. The molecule has 0 N–H and O–H groups in total. The molecule has 1 aliphatic rings. The normalized spacial score (nSPS) is 13.9. The highest BCUT2D eigenvalue weighted by atomic mass is 32.2. The molecule has 1 amide bonds. The van der Waals surface area contributed by atoms with E-state index < -0.39 is 9.84 Å². The Labute approximate surface area is 219 Å². The third kappa shape index (κ3) is 6.25. The maximum absolute atomic E-state index is 13.4. The number of benzene rings is 3. The van der Waals surface area contributed by atoms with Crippen molar-refractivity contribution in [2.24, 2.45) is 0 Å². The molecule has 3 aromatic rings. The van der Waals surface area contributed by atoms with E-state index in [-0.39, 0.29) is 16.6 Å². The average molecular weight is 523 g/mol. The number of carbonyl (C=O) groups is 1. The first-order valence-electron chi connectivity index (χ1n) is 12.5. The Balaban J connectivity index is 1.46. The Bertz CT molecular complexity index is 1330. The first-order chi connectivity index (χ1) is 17.8. The van der Waals surface area contributed by atoms with Gasteiger partial charge in [-0.3, -0.25) is 4.79 Å². The molecule has 0 aliphatic carbocycles. The summed E-state index contributed by atoms with van der Waals surface area (Å²) >= 11 is 0. The number of piperazine rings is 1. The maximum atomic E-state index is 13.4. The zero-order valence-electron chi connectivity index (χ0n) is 21.6. The minimum Gasteiger partial charge on any atom is -0.495 e. The van der Waals surface area contributed by atoms with Crippen LogP contribution in [0, 0.1) is 6.92 Å². The van der Waals surface area contributed by atoms with Crippen molar-refractivity contribution in [2.75, 3.05) is 44.8 Å². The Morgan fingerprint density at radius 3 is 2.32 bits per heavy atom. The topological polar surface area (TPSA) is 76.2 Å². The van der Waals surface area contributed by atoms with Crippen LogP contribution in [0.15, 0.2) is 71.6 Å².